The lowest BCUT2D eigenvalue weighted by molar-refractivity contribution is -0.0945. The second-order valence-electron chi connectivity index (χ2n) is 3.97. The summed E-state index contributed by atoms with van der Waals surface area (Å²) >= 11 is 0. The Balaban J connectivity index is 2.13. The van der Waals surface area contributed by atoms with Crippen LogP contribution in [0.2, 0.25) is 0 Å². The van der Waals surface area contributed by atoms with E-state index in [-0.39, 0.29) is 12.3 Å². The lowest BCUT2D eigenvalue weighted by Crippen LogP contribution is -2.38. The molecule has 2 fully saturated rings. The van der Waals surface area contributed by atoms with E-state index >= 15 is 0 Å². The fraction of sp³-hybridized carbons (Fsp3) is 1.00. The molecule has 2 N–H and O–H groups in total. The van der Waals surface area contributed by atoms with Crippen molar-refractivity contribution in [3.63, 3.8) is 0 Å². The minimum Gasteiger partial charge on any atom is -0.269 e. The summed E-state index contributed by atoms with van der Waals surface area (Å²) < 4.78 is 26.5. The molecule has 2 atom stereocenters. The second-order valence-corrected chi connectivity index (χ2v) is 3.97. The van der Waals surface area contributed by atoms with Crippen LogP contribution in [0.5, 0.6) is 0 Å². The highest BCUT2D eigenvalue weighted by atomic mass is 19.3. The maximum atomic E-state index is 13.3. The second kappa shape index (κ2) is 2.64. The first-order chi connectivity index (χ1) is 5.59. The average molecular weight is 176 g/mol. The highest BCUT2D eigenvalue weighted by molar-refractivity contribution is 4.94. The van der Waals surface area contributed by atoms with Crippen LogP contribution in [0.3, 0.4) is 0 Å². The zero-order valence-corrected chi connectivity index (χ0v) is 6.97. The summed E-state index contributed by atoms with van der Waals surface area (Å²) in [5.74, 6) is 2.72. The summed E-state index contributed by atoms with van der Waals surface area (Å²) in [7, 11) is 0. The van der Waals surface area contributed by atoms with Crippen LogP contribution in [0, 0.1) is 11.8 Å². The molecule has 1 saturated carbocycles. The molecular weight excluding hydrogens is 162 g/mol. The standard InChI is InChI=1S/C8H14F2N2/c9-8(10)3-1-2-6-4-12(11)5-7(6)8/h6-7H,1-5,11H2/t6-,7+/m1/s1. The summed E-state index contributed by atoms with van der Waals surface area (Å²) in [6, 6.07) is 0. The predicted molar refractivity (Wildman–Crippen MR) is 41.5 cm³/mol. The molecule has 1 aliphatic heterocycles. The Kier molecular flexibility index (Phi) is 1.84. The third-order valence-corrected chi connectivity index (χ3v) is 3.10. The smallest absolute Gasteiger partial charge is 0.252 e. The zero-order chi connectivity index (χ0) is 8.77. The first-order valence-electron chi connectivity index (χ1n) is 4.47. The summed E-state index contributed by atoms with van der Waals surface area (Å²) in [6.45, 7) is 1.03. The van der Waals surface area contributed by atoms with Crippen molar-refractivity contribution in [2.75, 3.05) is 13.1 Å². The fourth-order valence-corrected chi connectivity index (χ4v) is 2.46. The molecule has 0 amide bonds. The molecule has 2 aliphatic rings. The van der Waals surface area contributed by atoms with Crippen LogP contribution >= 0.6 is 0 Å². The van der Waals surface area contributed by atoms with E-state index in [9.17, 15) is 8.78 Å². The summed E-state index contributed by atoms with van der Waals surface area (Å²) in [5.41, 5.74) is 0. The van der Waals surface area contributed by atoms with E-state index < -0.39 is 11.8 Å². The topological polar surface area (TPSA) is 29.3 Å². The van der Waals surface area contributed by atoms with Gasteiger partial charge in [-0.2, -0.15) is 0 Å². The molecule has 0 unspecified atom stereocenters. The van der Waals surface area contributed by atoms with Crippen molar-refractivity contribution in [3.8, 4) is 0 Å². The Morgan fingerprint density at radius 2 is 2.08 bits per heavy atom. The first kappa shape index (κ1) is 8.38. The Bertz CT molecular complexity index is 184. The van der Waals surface area contributed by atoms with E-state index in [4.69, 9.17) is 5.84 Å². The number of nitrogens with two attached hydrogens (primary N) is 1. The molecule has 0 aromatic rings. The van der Waals surface area contributed by atoms with Crippen LogP contribution in [0.25, 0.3) is 0 Å². The number of halogens is 2. The molecule has 0 aromatic heterocycles. The van der Waals surface area contributed by atoms with Crippen molar-refractivity contribution in [1.82, 2.24) is 5.01 Å². The van der Waals surface area contributed by atoms with E-state index in [0.717, 1.165) is 6.42 Å². The Morgan fingerprint density at radius 1 is 1.33 bits per heavy atom. The van der Waals surface area contributed by atoms with Gasteiger partial charge in [0, 0.05) is 25.4 Å². The largest absolute Gasteiger partial charge is 0.269 e. The van der Waals surface area contributed by atoms with Gasteiger partial charge in [0.05, 0.1) is 0 Å². The minimum absolute atomic E-state index is 0.0575. The van der Waals surface area contributed by atoms with Crippen LogP contribution < -0.4 is 5.84 Å². The van der Waals surface area contributed by atoms with Gasteiger partial charge in [0.25, 0.3) is 5.92 Å². The highest BCUT2D eigenvalue weighted by Crippen LogP contribution is 2.44. The van der Waals surface area contributed by atoms with Crippen LogP contribution in [0.15, 0.2) is 0 Å². The fourth-order valence-electron chi connectivity index (χ4n) is 2.46. The van der Waals surface area contributed by atoms with Crippen molar-refractivity contribution < 1.29 is 8.78 Å². The highest BCUT2D eigenvalue weighted by Gasteiger charge is 2.50. The van der Waals surface area contributed by atoms with Crippen LogP contribution in [0.4, 0.5) is 8.78 Å². The Hall–Kier alpha value is -0.220. The Labute approximate surface area is 70.7 Å². The maximum Gasteiger partial charge on any atom is 0.252 e. The maximum absolute atomic E-state index is 13.3. The number of hydrogen-bond acceptors (Lipinski definition) is 2. The van der Waals surface area contributed by atoms with Crippen molar-refractivity contribution in [2.24, 2.45) is 17.7 Å². The van der Waals surface area contributed by atoms with Gasteiger partial charge < -0.3 is 0 Å². The Morgan fingerprint density at radius 3 is 2.75 bits per heavy atom. The normalized spacial score (nSPS) is 41.2. The van der Waals surface area contributed by atoms with Gasteiger partial charge in [-0.15, -0.1) is 0 Å². The van der Waals surface area contributed by atoms with Gasteiger partial charge in [-0.25, -0.2) is 13.8 Å². The van der Waals surface area contributed by atoms with Gasteiger partial charge in [0.1, 0.15) is 0 Å². The summed E-state index contributed by atoms with van der Waals surface area (Å²) in [6.07, 6.45) is 1.64. The average Bonchev–Trinajstić information content (AvgIpc) is 2.30. The van der Waals surface area contributed by atoms with Gasteiger partial charge in [0.2, 0.25) is 0 Å². The van der Waals surface area contributed by atoms with Crippen molar-refractivity contribution in [3.05, 3.63) is 0 Å². The van der Waals surface area contributed by atoms with E-state index in [0.29, 0.717) is 19.5 Å². The number of alkyl halides is 2. The SMILES string of the molecule is NN1C[C@H]2CCCC(F)(F)[C@H]2C1. The quantitative estimate of drug-likeness (QED) is 0.562. The molecule has 0 radical (unpaired) electrons. The molecule has 1 saturated heterocycles. The van der Waals surface area contributed by atoms with Gasteiger partial charge in [-0.3, -0.25) is 5.84 Å². The van der Waals surface area contributed by atoms with E-state index in [2.05, 4.69) is 0 Å². The van der Waals surface area contributed by atoms with Gasteiger partial charge in [-0.05, 0) is 18.8 Å². The van der Waals surface area contributed by atoms with Gasteiger partial charge in [-0.1, -0.05) is 0 Å². The molecule has 2 nitrogen and oxygen atoms in total. The zero-order valence-electron chi connectivity index (χ0n) is 6.97. The molecule has 4 heteroatoms. The minimum atomic E-state index is -2.46. The lowest BCUT2D eigenvalue weighted by atomic mass is 9.79. The van der Waals surface area contributed by atoms with E-state index in [1.54, 1.807) is 0 Å². The molecule has 2 rings (SSSR count). The number of hydrazine groups is 1. The third kappa shape index (κ3) is 1.23. The van der Waals surface area contributed by atoms with Crippen LogP contribution in [0.1, 0.15) is 19.3 Å². The van der Waals surface area contributed by atoms with Crippen molar-refractivity contribution in [1.29, 1.82) is 0 Å². The third-order valence-electron chi connectivity index (χ3n) is 3.10. The molecule has 0 aromatic carbocycles. The molecule has 1 aliphatic carbocycles. The molecule has 0 spiro atoms. The lowest BCUT2D eigenvalue weighted by Gasteiger charge is -2.32. The van der Waals surface area contributed by atoms with Gasteiger partial charge in [0.15, 0.2) is 0 Å². The summed E-state index contributed by atoms with van der Waals surface area (Å²) in [4.78, 5) is 0. The number of nitrogens with zero attached hydrogens (tertiary/aromatic N) is 1. The molecular formula is C8H14F2N2. The van der Waals surface area contributed by atoms with E-state index in [1.807, 2.05) is 0 Å². The monoisotopic (exact) mass is 176 g/mol. The van der Waals surface area contributed by atoms with E-state index in [1.165, 1.54) is 5.01 Å². The van der Waals surface area contributed by atoms with Crippen molar-refractivity contribution >= 4 is 0 Å². The summed E-state index contributed by atoms with van der Waals surface area (Å²) in [5, 5.41) is 1.54. The number of hydrogen-bond donors (Lipinski definition) is 1. The molecule has 0 bridgehead atoms. The number of rotatable bonds is 0. The van der Waals surface area contributed by atoms with Crippen molar-refractivity contribution in [2.45, 2.75) is 25.2 Å². The van der Waals surface area contributed by atoms with Crippen LogP contribution in [-0.4, -0.2) is 24.0 Å². The molecule has 1 heterocycles. The molecule has 12 heavy (non-hydrogen) atoms. The predicted octanol–water partition coefficient (Wildman–Crippen LogP) is 1.23. The first-order valence-corrected chi connectivity index (χ1v) is 4.47. The molecule has 70 valence electrons. The van der Waals surface area contributed by atoms with Crippen LogP contribution in [-0.2, 0) is 0 Å². The van der Waals surface area contributed by atoms with Gasteiger partial charge >= 0.3 is 0 Å². The number of fused-ring (bicyclic) bond motifs is 1.